The van der Waals surface area contributed by atoms with Crippen molar-refractivity contribution in [2.45, 2.75) is 38.5 Å². The first-order chi connectivity index (χ1) is 8.66. The molecule has 0 N–H and O–H groups in total. The second-order valence-electron chi connectivity index (χ2n) is 4.66. The van der Waals surface area contributed by atoms with Gasteiger partial charge in [-0.1, -0.05) is 30.2 Å². The molecule has 3 heteroatoms. The van der Waals surface area contributed by atoms with Gasteiger partial charge in [0.05, 0.1) is 0 Å². The van der Waals surface area contributed by atoms with E-state index in [1.807, 2.05) is 6.08 Å². The number of ketones is 1. The van der Waals surface area contributed by atoms with E-state index in [1.165, 1.54) is 12.5 Å². The Labute approximate surface area is 112 Å². The normalized spacial score (nSPS) is 16.0. The Kier molecular flexibility index (Phi) is 4.54. The van der Waals surface area contributed by atoms with E-state index in [1.54, 1.807) is 12.1 Å². The van der Waals surface area contributed by atoms with Crippen molar-refractivity contribution in [3.8, 4) is 0 Å². The Morgan fingerprint density at radius 3 is 2.89 bits per heavy atom. The topological polar surface area (TPSA) is 17.1 Å². The second-order valence-corrected chi connectivity index (χ2v) is 5.10. The highest BCUT2D eigenvalue weighted by atomic mass is 35.5. The smallest absolute Gasteiger partial charge is 0.163 e. The molecule has 1 aliphatic carbocycles. The highest BCUT2D eigenvalue weighted by molar-refractivity contribution is 6.30. The van der Waals surface area contributed by atoms with Crippen molar-refractivity contribution in [1.29, 1.82) is 0 Å². The van der Waals surface area contributed by atoms with Crippen LogP contribution in [0.5, 0.6) is 0 Å². The molecule has 0 bridgehead atoms. The number of hydrogen-bond donors (Lipinski definition) is 0. The summed E-state index contributed by atoms with van der Waals surface area (Å²) >= 11 is 5.69. The fraction of sp³-hybridized carbons (Fsp3) is 0.400. The average Bonchev–Trinajstić information content (AvgIpc) is 2.61. The molecule has 96 valence electrons. The van der Waals surface area contributed by atoms with E-state index in [9.17, 15) is 9.18 Å². The van der Waals surface area contributed by atoms with Crippen molar-refractivity contribution in [1.82, 2.24) is 0 Å². The monoisotopic (exact) mass is 266 g/mol. The zero-order valence-corrected chi connectivity index (χ0v) is 11.0. The SMILES string of the molecule is O=C(Cc1ccc(Cl)cc1F)C1=CCCCCC1. The van der Waals surface area contributed by atoms with Crippen LogP contribution in [0.25, 0.3) is 0 Å². The Hall–Kier alpha value is -1.15. The van der Waals surface area contributed by atoms with Crippen LogP contribution in [0, 0.1) is 5.82 Å². The van der Waals surface area contributed by atoms with Crippen molar-refractivity contribution in [2.24, 2.45) is 0 Å². The summed E-state index contributed by atoms with van der Waals surface area (Å²) in [6.07, 6.45) is 7.31. The third kappa shape index (κ3) is 3.42. The van der Waals surface area contributed by atoms with E-state index in [-0.39, 0.29) is 12.2 Å². The number of hydrogen-bond acceptors (Lipinski definition) is 1. The van der Waals surface area contributed by atoms with Gasteiger partial charge in [0.1, 0.15) is 5.82 Å². The van der Waals surface area contributed by atoms with E-state index in [0.717, 1.165) is 31.3 Å². The molecule has 18 heavy (non-hydrogen) atoms. The van der Waals surface area contributed by atoms with Crippen LogP contribution in [-0.4, -0.2) is 5.78 Å². The van der Waals surface area contributed by atoms with Crippen molar-refractivity contribution >= 4 is 17.4 Å². The van der Waals surface area contributed by atoms with Gasteiger partial charge < -0.3 is 0 Å². The first-order valence-corrected chi connectivity index (χ1v) is 6.71. The van der Waals surface area contributed by atoms with Gasteiger partial charge >= 0.3 is 0 Å². The van der Waals surface area contributed by atoms with Gasteiger partial charge in [-0.05, 0) is 49.0 Å². The van der Waals surface area contributed by atoms with Crippen molar-refractivity contribution in [3.63, 3.8) is 0 Å². The summed E-state index contributed by atoms with van der Waals surface area (Å²) in [6.45, 7) is 0. The summed E-state index contributed by atoms with van der Waals surface area (Å²) in [6, 6.07) is 4.47. The summed E-state index contributed by atoms with van der Waals surface area (Å²) in [4.78, 5) is 12.1. The van der Waals surface area contributed by atoms with Gasteiger partial charge in [-0.3, -0.25) is 4.79 Å². The molecule has 0 saturated carbocycles. The number of allylic oxidation sites excluding steroid dienone is 2. The Balaban J connectivity index is 2.08. The molecule has 0 spiro atoms. The first-order valence-electron chi connectivity index (χ1n) is 6.33. The fourth-order valence-corrected chi connectivity index (χ4v) is 2.38. The molecule has 0 amide bonds. The number of halogens is 2. The number of carbonyl (C=O) groups is 1. The van der Waals surface area contributed by atoms with Gasteiger partial charge in [0.25, 0.3) is 0 Å². The van der Waals surface area contributed by atoms with Crippen LogP contribution in [-0.2, 0) is 11.2 Å². The summed E-state index contributed by atoms with van der Waals surface area (Å²) in [5, 5.41) is 0.359. The quantitative estimate of drug-likeness (QED) is 0.788. The predicted molar refractivity (Wildman–Crippen MR) is 71.3 cm³/mol. The third-order valence-electron chi connectivity index (χ3n) is 3.27. The molecule has 0 aliphatic heterocycles. The molecule has 0 saturated heterocycles. The van der Waals surface area contributed by atoms with Gasteiger partial charge in [0.15, 0.2) is 5.78 Å². The summed E-state index contributed by atoms with van der Waals surface area (Å²) in [5.74, 6) is -0.358. The van der Waals surface area contributed by atoms with Crippen LogP contribution in [0.2, 0.25) is 5.02 Å². The molecule has 2 rings (SSSR count). The Morgan fingerprint density at radius 1 is 1.28 bits per heavy atom. The maximum atomic E-state index is 13.6. The molecule has 1 nitrogen and oxygen atoms in total. The minimum Gasteiger partial charge on any atom is -0.294 e. The summed E-state index contributed by atoms with van der Waals surface area (Å²) < 4.78 is 13.6. The Morgan fingerprint density at radius 2 is 2.11 bits per heavy atom. The maximum Gasteiger partial charge on any atom is 0.163 e. The van der Waals surface area contributed by atoms with Gasteiger partial charge in [-0.15, -0.1) is 0 Å². The van der Waals surface area contributed by atoms with Crippen molar-refractivity contribution in [2.75, 3.05) is 0 Å². The molecule has 0 aromatic heterocycles. The van der Waals surface area contributed by atoms with Gasteiger partial charge in [-0.2, -0.15) is 0 Å². The number of benzene rings is 1. The van der Waals surface area contributed by atoms with Crippen LogP contribution in [0.1, 0.15) is 37.7 Å². The van der Waals surface area contributed by atoms with Crippen LogP contribution in [0.3, 0.4) is 0 Å². The van der Waals surface area contributed by atoms with E-state index in [4.69, 9.17) is 11.6 Å². The zero-order valence-electron chi connectivity index (χ0n) is 10.2. The molecule has 1 aliphatic rings. The highest BCUT2D eigenvalue weighted by Crippen LogP contribution is 2.21. The Bertz CT molecular complexity index is 479. The standard InChI is InChI=1S/C15H16ClFO/c16-13-8-7-12(14(17)10-13)9-15(18)11-5-3-1-2-4-6-11/h5,7-8,10H,1-4,6,9H2. The number of rotatable bonds is 3. The molecular weight excluding hydrogens is 251 g/mol. The number of carbonyl (C=O) groups excluding carboxylic acids is 1. The molecular formula is C15H16ClFO. The van der Waals surface area contributed by atoms with E-state index in [0.29, 0.717) is 10.6 Å². The lowest BCUT2D eigenvalue weighted by atomic mass is 9.99. The second kappa shape index (κ2) is 6.14. The zero-order chi connectivity index (χ0) is 13.0. The van der Waals surface area contributed by atoms with E-state index >= 15 is 0 Å². The lowest BCUT2D eigenvalue weighted by molar-refractivity contribution is -0.115. The molecule has 0 unspecified atom stereocenters. The lowest BCUT2D eigenvalue weighted by Crippen LogP contribution is -2.07. The largest absolute Gasteiger partial charge is 0.294 e. The minimum absolute atomic E-state index is 0.0399. The number of Topliss-reactive ketones (excluding diaryl/α,β-unsaturated/α-hetero) is 1. The van der Waals surface area contributed by atoms with Crippen LogP contribution >= 0.6 is 11.6 Å². The maximum absolute atomic E-state index is 13.6. The van der Waals surface area contributed by atoms with Crippen LogP contribution in [0.4, 0.5) is 4.39 Å². The minimum atomic E-state index is -0.398. The van der Waals surface area contributed by atoms with Gasteiger partial charge in [0, 0.05) is 11.4 Å². The molecule has 0 fully saturated rings. The third-order valence-corrected chi connectivity index (χ3v) is 3.50. The van der Waals surface area contributed by atoms with E-state index < -0.39 is 5.82 Å². The molecule has 0 radical (unpaired) electrons. The fourth-order valence-electron chi connectivity index (χ4n) is 2.22. The molecule has 1 aromatic carbocycles. The first kappa shape index (κ1) is 13.3. The van der Waals surface area contributed by atoms with Crippen molar-refractivity contribution in [3.05, 3.63) is 46.3 Å². The van der Waals surface area contributed by atoms with Crippen LogP contribution < -0.4 is 0 Å². The lowest BCUT2D eigenvalue weighted by Gasteiger charge is -2.06. The summed E-state index contributed by atoms with van der Waals surface area (Å²) in [7, 11) is 0. The van der Waals surface area contributed by atoms with Gasteiger partial charge in [-0.25, -0.2) is 4.39 Å². The molecule has 0 atom stereocenters. The summed E-state index contributed by atoms with van der Waals surface area (Å²) in [5.41, 5.74) is 1.29. The van der Waals surface area contributed by atoms with Crippen LogP contribution in [0.15, 0.2) is 29.8 Å². The van der Waals surface area contributed by atoms with Crippen molar-refractivity contribution < 1.29 is 9.18 Å². The molecule has 0 heterocycles. The van der Waals surface area contributed by atoms with E-state index in [2.05, 4.69) is 0 Å². The van der Waals surface area contributed by atoms with Gasteiger partial charge in [0.2, 0.25) is 0 Å². The molecule has 1 aromatic rings. The average molecular weight is 267 g/mol. The predicted octanol–water partition coefficient (Wildman–Crippen LogP) is 4.48. The highest BCUT2D eigenvalue weighted by Gasteiger charge is 2.14.